The van der Waals surface area contributed by atoms with Gasteiger partial charge < -0.3 is 20.1 Å². The predicted molar refractivity (Wildman–Crippen MR) is 102 cm³/mol. The van der Waals surface area contributed by atoms with E-state index in [1.165, 1.54) is 25.7 Å². The summed E-state index contributed by atoms with van der Waals surface area (Å²) in [5.74, 6) is -0.00700. The van der Waals surface area contributed by atoms with Crippen molar-refractivity contribution in [1.29, 1.82) is 0 Å². The first kappa shape index (κ1) is 18.8. The summed E-state index contributed by atoms with van der Waals surface area (Å²) in [6.07, 6.45) is 3.27. The molecule has 2 N–H and O–H groups in total. The third kappa shape index (κ3) is 4.58. The molecule has 0 bridgehead atoms. The summed E-state index contributed by atoms with van der Waals surface area (Å²) in [5, 5.41) is 12.7. The summed E-state index contributed by atoms with van der Waals surface area (Å²) in [4.78, 5) is 26.8. The topological polar surface area (TPSA) is 78.9 Å². The number of hydrogen-bond acceptors (Lipinski definition) is 4. The number of phenols is 1. The van der Waals surface area contributed by atoms with Gasteiger partial charge in [-0.3, -0.25) is 9.59 Å². The van der Waals surface area contributed by atoms with E-state index in [9.17, 15) is 14.7 Å². The third-order valence-electron chi connectivity index (χ3n) is 4.72. The minimum Gasteiger partial charge on any atom is -0.507 e. The van der Waals surface area contributed by atoms with E-state index in [-0.39, 0.29) is 29.7 Å². The number of hydrogen-bond donors (Lipinski definition) is 2. The van der Waals surface area contributed by atoms with Crippen molar-refractivity contribution >= 4 is 11.8 Å². The van der Waals surface area contributed by atoms with Gasteiger partial charge in [0.2, 0.25) is 0 Å². The van der Waals surface area contributed by atoms with Gasteiger partial charge in [-0.15, -0.1) is 0 Å². The Morgan fingerprint density at radius 2 is 1.89 bits per heavy atom. The molecule has 27 heavy (non-hydrogen) atoms. The second-order valence-electron chi connectivity index (χ2n) is 6.62. The fourth-order valence-corrected chi connectivity index (χ4v) is 3.20. The van der Waals surface area contributed by atoms with Gasteiger partial charge in [-0.1, -0.05) is 12.1 Å². The lowest BCUT2D eigenvalue weighted by Crippen LogP contribution is -2.35. The zero-order valence-corrected chi connectivity index (χ0v) is 15.4. The van der Waals surface area contributed by atoms with Crippen molar-refractivity contribution in [2.45, 2.75) is 25.8 Å². The first-order valence-corrected chi connectivity index (χ1v) is 9.12. The summed E-state index contributed by atoms with van der Waals surface area (Å²) >= 11 is 0. The van der Waals surface area contributed by atoms with Crippen LogP contribution in [-0.4, -0.2) is 42.0 Å². The molecule has 0 radical (unpaired) electrons. The molecule has 0 atom stereocenters. The molecule has 2 aromatic carbocycles. The van der Waals surface area contributed by atoms with Crippen molar-refractivity contribution < 1.29 is 19.4 Å². The summed E-state index contributed by atoms with van der Waals surface area (Å²) in [7, 11) is 1.49. The predicted octanol–water partition coefficient (Wildman–Crippen LogP) is 2.96. The van der Waals surface area contributed by atoms with Crippen LogP contribution < -0.4 is 10.1 Å². The van der Waals surface area contributed by atoms with E-state index in [0.29, 0.717) is 11.3 Å². The lowest BCUT2D eigenvalue weighted by Gasteiger charge is -2.26. The normalized spacial score (nSPS) is 13.9. The van der Waals surface area contributed by atoms with Crippen LogP contribution in [0.5, 0.6) is 11.5 Å². The Morgan fingerprint density at radius 1 is 1.11 bits per heavy atom. The van der Waals surface area contributed by atoms with Crippen molar-refractivity contribution in [2.24, 2.45) is 0 Å². The van der Waals surface area contributed by atoms with Gasteiger partial charge in [0, 0.05) is 31.3 Å². The molecule has 1 aliphatic rings. The Kier molecular flexibility index (Phi) is 5.96. The summed E-state index contributed by atoms with van der Waals surface area (Å²) < 4.78 is 5.02. The second-order valence-corrected chi connectivity index (χ2v) is 6.62. The number of piperidine rings is 1. The first-order valence-electron chi connectivity index (χ1n) is 9.12. The molecule has 0 aliphatic carbocycles. The molecule has 2 aromatic rings. The van der Waals surface area contributed by atoms with Gasteiger partial charge in [0.05, 0.1) is 12.7 Å². The van der Waals surface area contributed by atoms with Crippen molar-refractivity contribution in [3.8, 4) is 11.5 Å². The third-order valence-corrected chi connectivity index (χ3v) is 4.72. The number of nitrogens with zero attached hydrogens (tertiary/aromatic N) is 1. The minimum atomic E-state index is -0.386. The average Bonchev–Trinajstić information content (AvgIpc) is 2.72. The SMILES string of the molecule is COc1ccc(C(=O)NCc2cccc(C(=O)N3CCCCC3)c2)c(O)c1. The largest absolute Gasteiger partial charge is 0.507 e. The van der Waals surface area contributed by atoms with E-state index in [1.54, 1.807) is 12.1 Å². The molecule has 1 fully saturated rings. The fraction of sp³-hybridized carbons (Fsp3) is 0.333. The van der Waals surface area contributed by atoms with Crippen LogP contribution in [0.2, 0.25) is 0 Å². The highest BCUT2D eigenvalue weighted by molar-refractivity contribution is 5.97. The summed E-state index contributed by atoms with van der Waals surface area (Å²) in [6, 6.07) is 11.8. The van der Waals surface area contributed by atoms with E-state index >= 15 is 0 Å². The highest BCUT2D eigenvalue weighted by Gasteiger charge is 2.18. The maximum Gasteiger partial charge on any atom is 0.255 e. The smallest absolute Gasteiger partial charge is 0.255 e. The second kappa shape index (κ2) is 8.58. The van der Waals surface area contributed by atoms with Crippen molar-refractivity contribution in [2.75, 3.05) is 20.2 Å². The summed E-state index contributed by atoms with van der Waals surface area (Å²) in [5.41, 5.74) is 1.64. The zero-order valence-electron chi connectivity index (χ0n) is 15.4. The van der Waals surface area contributed by atoms with Gasteiger partial charge in [0.25, 0.3) is 11.8 Å². The number of ether oxygens (including phenoxy) is 1. The van der Waals surface area contributed by atoms with Gasteiger partial charge in [0.15, 0.2) is 0 Å². The fourth-order valence-electron chi connectivity index (χ4n) is 3.20. The van der Waals surface area contributed by atoms with E-state index < -0.39 is 0 Å². The lowest BCUT2D eigenvalue weighted by molar-refractivity contribution is 0.0724. The number of phenolic OH excluding ortho intramolecular Hbond substituents is 1. The Bertz CT molecular complexity index is 829. The molecule has 1 aliphatic heterocycles. The number of nitrogens with one attached hydrogen (secondary N) is 1. The molecule has 1 heterocycles. The lowest BCUT2D eigenvalue weighted by atomic mass is 10.1. The van der Waals surface area contributed by atoms with Gasteiger partial charge in [-0.2, -0.15) is 0 Å². The molecular weight excluding hydrogens is 344 g/mol. The van der Waals surface area contributed by atoms with Gasteiger partial charge in [-0.05, 0) is 49.1 Å². The van der Waals surface area contributed by atoms with Crippen LogP contribution >= 0.6 is 0 Å². The van der Waals surface area contributed by atoms with E-state index in [1.807, 2.05) is 23.1 Å². The number of carbonyl (C=O) groups is 2. The van der Waals surface area contributed by atoms with Crippen LogP contribution in [0, 0.1) is 0 Å². The molecular formula is C21H24N2O4. The zero-order chi connectivity index (χ0) is 19.2. The van der Waals surface area contributed by atoms with Crippen LogP contribution in [0.4, 0.5) is 0 Å². The van der Waals surface area contributed by atoms with E-state index in [0.717, 1.165) is 31.5 Å². The molecule has 3 rings (SSSR count). The Hall–Kier alpha value is -3.02. The summed E-state index contributed by atoms with van der Waals surface area (Å²) in [6.45, 7) is 1.87. The maximum atomic E-state index is 12.6. The molecule has 0 unspecified atom stereocenters. The quantitative estimate of drug-likeness (QED) is 0.850. The number of rotatable bonds is 5. The molecule has 0 aromatic heterocycles. The van der Waals surface area contributed by atoms with Gasteiger partial charge >= 0.3 is 0 Å². The van der Waals surface area contributed by atoms with Crippen LogP contribution in [0.15, 0.2) is 42.5 Å². The van der Waals surface area contributed by atoms with Crippen molar-refractivity contribution in [3.05, 3.63) is 59.2 Å². The van der Waals surface area contributed by atoms with Gasteiger partial charge in [0.1, 0.15) is 11.5 Å². The molecule has 6 heteroatoms. The molecule has 0 spiro atoms. The molecule has 2 amide bonds. The van der Waals surface area contributed by atoms with Crippen molar-refractivity contribution in [3.63, 3.8) is 0 Å². The average molecular weight is 368 g/mol. The van der Waals surface area contributed by atoms with E-state index in [2.05, 4.69) is 5.32 Å². The van der Waals surface area contributed by atoms with Gasteiger partial charge in [-0.25, -0.2) is 0 Å². The number of carbonyl (C=O) groups excluding carboxylic acids is 2. The standard InChI is InChI=1S/C21H24N2O4/c1-27-17-8-9-18(19(24)13-17)20(25)22-14-15-6-5-7-16(12-15)21(26)23-10-3-2-4-11-23/h5-9,12-13,24H,2-4,10-11,14H2,1H3,(H,22,25). The number of benzene rings is 2. The Labute approximate surface area is 158 Å². The number of likely N-dealkylation sites (tertiary alicyclic amines) is 1. The van der Waals surface area contributed by atoms with Crippen molar-refractivity contribution in [1.82, 2.24) is 10.2 Å². The highest BCUT2D eigenvalue weighted by Crippen LogP contribution is 2.23. The van der Waals surface area contributed by atoms with Crippen LogP contribution in [0.3, 0.4) is 0 Å². The maximum absolute atomic E-state index is 12.6. The number of amides is 2. The number of aromatic hydroxyl groups is 1. The molecule has 1 saturated heterocycles. The van der Waals surface area contributed by atoms with Crippen LogP contribution in [0.25, 0.3) is 0 Å². The number of methoxy groups -OCH3 is 1. The molecule has 0 saturated carbocycles. The van der Waals surface area contributed by atoms with E-state index in [4.69, 9.17) is 4.74 Å². The Balaban J connectivity index is 1.64. The van der Waals surface area contributed by atoms with Crippen LogP contribution in [-0.2, 0) is 6.54 Å². The van der Waals surface area contributed by atoms with Crippen LogP contribution in [0.1, 0.15) is 45.5 Å². The molecule has 6 nitrogen and oxygen atoms in total. The highest BCUT2D eigenvalue weighted by atomic mass is 16.5. The molecule has 142 valence electrons. The Morgan fingerprint density at radius 3 is 2.59 bits per heavy atom. The first-order chi connectivity index (χ1) is 13.1. The monoisotopic (exact) mass is 368 g/mol. The minimum absolute atomic E-state index is 0.0377.